The van der Waals surface area contributed by atoms with Gasteiger partial charge < -0.3 is 4.74 Å². The van der Waals surface area contributed by atoms with Crippen molar-refractivity contribution >= 4 is 35.0 Å². The summed E-state index contributed by atoms with van der Waals surface area (Å²) in [5.41, 5.74) is 4.30. The maximum Gasteiger partial charge on any atom is 0.315 e. The highest BCUT2D eigenvalue weighted by Crippen LogP contribution is 2.64. The fraction of sp³-hybridized carbons (Fsp3) is 0.300. The summed E-state index contributed by atoms with van der Waals surface area (Å²) in [6.45, 7) is 1.34. The summed E-state index contributed by atoms with van der Waals surface area (Å²) in [7, 11) is 0. The van der Waals surface area contributed by atoms with E-state index in [0.29, 0.717) is 12.0 Å². The lowest BCUT2D eigenvalue weighted by molar-refractivity contribution is -0.148. The van der Waals surface area contributed by atoms with Crippen LogP contribution in [0.25, 0.3) is 11.1 Å². The average molecular weight is 375 g/mol. The molecule has 5 heteroatoms. The molecule has 0 unspecified atom stereocenters. The fourth-order valence-corrected chi connectivity index (χ4v) is 3.98. The second-order valence-corrected chi connectivity index (χ2v) is 8.40. The van der Waals surface area contributed by atoms with E-state index >= 15 is 0 Å². The molecule has 2 aromatic carbocycles. The highest BCUT2D eigenvalue weighted by Gasteiger charge is 2.69. The topological polar surface area (TPSA) is 43.4 Å². The van der Waals surface area contributed by atoms with Gasteiger partial charge in [-0.05, 0) is 41.7 Å². The standard InChI is InChI=1S/C20H16Cl2O3/c1-19(11-20(19,21)22)18(24)25-10-17(23)14-7-6-13-8-12-4-2-3-5-15(12)16(13)9-14/h2-7,9H,8,10-11H2,1H3/t19-/m0/s1. The third-order valence-electron chi connectivity index (χ3n) is 5.16. The minimum atomic E-state index is -1.09. The number of ether oxygens (including phenoxy) is 1. The molecule has 4 rings (SSSR count). The van der Waals surface area contributed by atoms with E-state index in [-0.39, 0.29) is 12.4 Å². The molecule has 1 fully saturated rings. The Hall–Kier alpha value is -1.84. The Morgan fingerprint density at radius 2 is 1.76 bits per heavy atom. The van der Waals surface area contributed by atoms with Crippen LogP contribution in [0.4, 0.5) is 0 Å². The van der Waals surface area contributed by atoms with Crippen LogP contribution in [-0.2, 0) is 16.0 Å². The zero-order valence-electron chi connectivity index (χ0n) is 13.6. The average Bonchev–Trinajstić information content (AvgIpc) is 2.95. The predicted molar refractivity (Wildman–Crippen MR) is 97.1 cm³/mol. The number of benzene rings is 2. The molecule has 0 saturated heterocycles. The largest absolute Gasteiger partial charge is 0.457 e. The Bertz CT molecular complexity index is 904. The number of hydrogen-bond donors (Lipinski definition) is 0. The Labute approximate surface area is 155 Å². The van der Waals surface area contributed by atoms with Crippen molar-refractivity contribution < 1.29 is 14.3 Å². The molecular formula is C20H16Cl2O3. The van der Waals surface area contributed by atoms with Gasteiger partial charge in [-0.25, -0.2) is 0 Å². The van der Waals surface area contributed by atoms with Crippen LogP contribution in [0, 0.1) is 5.41 Å². The minimum Gasteiger partial charge on any atom is -0.457 e. The zero-order chi connectivity index (χ0) is 17.8. The molecular weight excluding hydrogens is 359 g/mol. The smallest absolute Gasteiger partial charge is 0.315 e. The van der Waals surface area contributed by atoms with E-state index in [1.807, 2.05) is 24.3 Å². The van der Waals surface area contributed by atoms with Gasteiger partial charge in [0.25, 0.3) is 0 Å². The van der Waals surface area contributed by atoms with Crippen LogP contribution in [0.3, 0.4) is 0 Å². The molecule has 1 saturated carbocycles. The van der Waals surface area contributed by atoms with Crippen LogP contribution in [0.15, 0.2) is 42.5 Å². The van der Waals surface area contributed by atoms with Crippen molar-refractivity contribution in [3.63, 3.8) is 0 Å². The van der Waals surface area contributed by atoms with Gasteiger partial charge in [-0.3, -0.25) is 9.59 Å². The minimum absolute atomic E-state index is 0.237. The Kier molecular flexibility index (Phi) is 3.71. The lowest BCUT2D eigenvalue weighted by atomic mass is 10.0. The van der Waals surface area contributed by atoms with E-state index in [1.54, 1.807) is 13.0 Å². The first kappa shape index (κ1) is 16.6. The van der Waals surface area contributed by atoms with Crippen molar-refractivity contribution in [2.24, 2.45) is 5.41 Å². The fourth-order valence-electron chi connectivity index (χ4n) is 3.29. The number of alkyl halides is 2. The number of fused-ring (bicyclic) bond motifs is 3. The van der Waals surface area contributed by atoms with E-state index in [1.165, 1.54) is 11.1 Å². The zero-order valence-corrected chi connectivity index (χ0v) is 15.2. The highest BCUT2D eigenvalue weighted by molar-refractivity contribution is 6.53. The summed E-state index contributed by atoms with van der Waals surface area (Å²) in [6, 6.07) is 13.8. The summed E-state index contributed by atoms with van der Waals surface area (Å²) in [5.74, 6) is -0.767. The van der Waals surface area contributed by atoms with Gasteiger partial charge >= 0.3 is 5.97 Å². The lowest BCUT2D eigenvalue weighted by Gasteiger charge is -2.11. The summed E-state index contributed by atoms with van der Waals surface area (Å²) in [5, 5.41) is 0. The van der Waals surface area contributed by atoms with Gasteiger partial charge in [0, 0.05) is 12.0 Å². The van der Waals surface area contributed by atoms with Crippen molar-refractivity contribution in [2.45, 2.75) is 24.1 Å². The van der Waals surface area contributed by atoms with Gasteiger partial charge in [-0.15, -0.1) is 23.2 Å². The van der Waals surface area contributed by atoms with E-state index < -0.39 is 15.7 Å². The molecule has 0 radical (unpaired) electrons. The number of rotatable bonds is 4. The molecule has 0 N–H and O–H groups in total. The third-order valence-corrected chi connectivity index (χ3v) is 6.26. The number of hydrogen-bond acceptors (Lipinski definition) is 3. The van der Waals surface area contributed by atoms with Crippen LogP contribution in [0.5, 0.6) is 0 Å². The van der Waals surface area contributed by atoms with Gasteiger partial charge in [-0.2, -0.15) is 0 Å². The van der Waals surface area contributed by atoms with E-state index in [0.717, 1.165) is 17.5 Å². The van der Waals surface area contributed by atoms with Gasteiger partial charge in [0.15, 0.2) is 12.4 Å². The first-order valence-corrected chi connectivity index (χ1v) is 8.87. The third kappa shape index (κ3) is 2.66. The Balaban J connectivity index is 1.49. The van der Waals surface area contributed by atoms with Crippen molar-refractivity contribution in [2.75, 3.05) is 6.61 Å². The number of carbonyl (C=O) groups excluding carboxylic acids is 2. The van der Waals surface area contributed by atoms with Crippen LogP contribution >= 0.6 is 23.2 Å². The van der Waals surface area contributed by atoms with Gasteiger partial charge in [0.05, 0.1) is 0 Å². The molecule has 0 aliphatic heterocycles. The molecule has 25 heavy (non-hydrogen) atoms. The number of halogens is 2. The summed E-state index contributed by atoms with van der Waals surface area (Å²) in [6.07, 6.45) is 1.21. The molecule has 0 amide bonds. The van der Waals surface area contributed by atoms with E-state index in [4.69, 9.17) is 27.9 Å². The number of ketones is 1. The predicted octanol–water partition coefficient (Wildman–Crippen LogP) is 4.57. The van der Waals surface area contributed by atoms with Crippen LogP contribution < -0.4 is 0 Å². The molecule has 0 bridgehead atoms. The summed E-state index contributed by atoms with van der Waals surface area (Å²) in [4.78, 5) is 24.5. The van der Waals surface area contributed by atoms with Crippen LogP contribution in [0.1, 0.15) is 34.8 Å². The first-order valence-electron chi connectivity index (χ1n) is 8.11. The second-order valence-electron chi connectivity index (χ2n) is 6.92. The Morgan fingerprint density at radius 3 is 2.48 bits per heavy atom. The van der Waals surface area contributed by atoms with Gasteiger partial charge in [-0.1, -0.05) is 36.4 Å². The molecule has 2 aliphatic rings. The molecule has 3 nitrogen and oxygen atoms in total. The Morgan fingerprint density at radius 1 is 1.08 bits per heavy atom. The van der Waals surface area contributed by atoms with Crippen LogP contribution in [-0.4, -0.2) is 22.7 Å². The molecule has 1 atom stereocenters. The van der Waals surface area contributed by atoms with Crippen LogP contribution in [0.2, 0.25) is 0 Å². The molecule has 2 aliphatic carbocycles. The first-order chi connectivity index (χ1) is 11.8. The lowest BCUT2D eigenvalue weighted by Crippen LogP contribution is -2.24. The summed E-state index contributed by atoms with van der Waals surface area (Å²) >= 11 is 11.9. The van der Waals surface area contributed by atoms with Crippen molar-refractivity contribution in [1.29, 1.82) is 0 Å². The van der Waals surface area contributed by atoms with E-state index in [2.05, 4.69) is 12.1 Å². The monoisotopic (exact) mass is 374 g/mol. The summed E-state index contributed by atoms with van der Waals surface area (Å²) < 4.78 is 4.06. The van der Waals surface area contributed by atoms with Gasteiger partial charge in [0.2, 0.25) is 0 Å². The SMILES string of the molecule is C[C@@]1(C(=O)OCC(=O)c2ccc3c(c2)-c2ccccc2C3)CC1(Cl)Cl. The van der Waals surface area contributed by atoms with E-state index in [9.17, 15) is 9.59 Å². The maximum atomic E-state index is 12.4. The molecule has 128 valence electrons. The second kappa shape index (κ2) is 5.58. The highest BCUT2D eigenvalue weighted by atomic mass is 35.5. The number of carbonyl (C=O) groups is 2. The molecule has 0 aromatic heterocycles. The molecule has 2 aromatic rings. The van der Waals surface area contributed by atoms with Crippen molar-refractivity contribution in [1.82, 2.24) is 0 Å². The quantitative estimate of drug-likeness (QED) is 0.381. The number of Topliss-reactive ketones (excluding diaryl/α,β-unsaturated/α-hetero) is 1. The van der Waals surface area contributed by atoms with Crippen molar-refractivity contribution in [3.05, 3.63) is 59.2 Å². The van der Waals surface area contributed by atoms with Crippen molar-refractivity contribution in [3.8, 4) is 11.1 Å². The maximum absolute atomic E-state index is 12.4. The normalized spacial score (nSPS) is 22.0. The molecule has 0 spiro atoms. The molecule has 0 heterocycles. The number of esters is 1. The van der Waals surface area contributed by atoms with Gasteiger partial charge in [0.1, 0.15) is 9.75 Å².